The summed E-state index contributed by atoms with van der Waals surface area (Å²) in [5.41, 5.74) is 1.91. The van der Waals surface area contributed by atoms with Gasteiger partial charge in [-0.3, -0.25) is 4.68 Å². The molecule has 3 heteroatoms. The van der Waals surface area contributed by atoms with E-state index in [1.165, 1.54) is 0 Å². The molecule has 0 saturated heterocycles. The molecule has 0 fully saturated rings. The molecule has 0 amide bonds. The van der Waals surface area contributed by atoms with Gasteiger partial charge < -0.3 is 5.11 Å². The van der Waals surface area contributed by atoms with Crippen molar-refractivity contribution in [3.05, 3.63) is 23.5 Å². The minimum atomic E-state index is 0.118. The van der Waals surface area contributed by atoms with Gasteiger partial charge in [0.15, 0.2) is 0 Å². The predicted octanol–water partition coefficient (Wildman–Crippen LogP) is 1.21. The van der Waals surface area contributed by atoms with Gasteiger partial charge in [-0.15, -0.1) is 0 Å². The van der Waals surface area contributed by atoms with Crippen molar-refractivity contribution in [2.75, 3.05) is 6.61 Å². The third kappa shape index (κ3) is 2.20. The van der Waals surface area contributed by atoms with Gasteiger partial charge in [-0.1, -0.05) is 6.92 Å². The van der Waals surface area contributed by atoms with Crippen LogP contribution < -0.4 is 0 Å². The Morgan fingerprint density at radius 1 is 1.75 bits per heavy atom. The molecule has 0 aromatic carbocycles. The lowest BCUT2D eigenvalue weighted by Gasteiger charge is -1.96. The van der Waals surface area contributed by atoms with E-state index in [1.54, 1.807) is 4.68 Å². The van der Waals surface area contributed by atoms with Crippen molar-refractivity contribution in [3.8, 4) is 0 Å². The second-order valence-corrected chi connectivity index (χ2v) is 2.73. The zero-order chi connectivity index (χ0) is 8.97. The summed E-state index contributed by atoms with van der Waals surface area (Å²) in [6, 6.07) is 1.92. The fraction of sp³-hybridized carbons (Fsp3) is 0.444. The normalized spacial score (nSPS) is 12.1. The summed E-state index contributed by atoms with van der Waals surface area (Å²) in [6.45, 7) is 2.14. The fourth-order valence-electron chi connectivity index (χ4n) is 0.979. The lowest BCUT2D eigenvalue weighted by Crippen LogP contribution is -1.90. The number of aliphatic hydroxyl groups excluding tert-OH is 1. The van der Waals surface area contributed by atoms with Crippen molar-refractivity contribution in [2.24, 2.45) is 7.05 Å². The van der Waals surface area contributed by atoms with E-state index in [0.29, 0.717) is 0 Å². The number of aromatic nitrogens is 2. The highest BCUT2D eigenvalue weighted by Crippen LogP contribution is 2.06. The highest BCUT2D eigenvalue weighted by atomic mass is 16.3. The Morgan fingerprint density at radius 2 is 2.50 bits per heavy atom. The van der Waals surface area contributed by atoms with E-state index in [1.807, 2.05) is 32.3 Å². The molecule has 0 aliphatic carbocycles. The Hall–Kier alpha value is -1.09. The molecule has 0 bridgehead atoms. The number of rotatable bonds is 3. The summed E-state index contributed by atoms with van der Waals surface area (Å²) in [5, 5.41) is 13.1. The molecule has 1 aromatic rings. The van der Waals surface area contributed by atoms with Gasteiger partial charge >= 0.3 is 0 Å². The summed E-state index contributed by atoms with van der Waals surface area (Å²) in [5.74, 6) is 0. The van der Waals surface area contributed by atoms with Crippen molar-refractivity contribution < 1.29 is 5.11 Å². The van der Waals surface area contributed by atoms with Crippen LogP contribution in [0, 0.1) is 0 Å². The molecule has 0 saturated carbocycles. The van der Waals surface area contributed by atoms with E-state index >= 15 is 0 Å². The molecule has 0 radical (unpaired) electrons. The van der Waals surface area contributed by atoms with Gasteiger partial charge in [-0.25, -0.2) is 0 Å². The molecule has 0 aliphatic heterocycles. The van der Waals surface area contributed by atoms with Crippen molar-refractivity contribution in [2.45, 2.75) is 13.3 Å². The van der Waals surface area contributed by atoms with Crippen molar-refractivity contribution >= 4 is 6.08 Å². The fourth-order valence-corrected chi connectivity index (χ4v) is 0.979. The van der Waals surface area contributed by atoms with Crippen molar-refractivity contribution in [3.63, 3.8) is 0 Å². The molecule has 3 nitrogen and oxygen atoms in total. The molecule has 1 N–H and O–H groups in total. The highest BCUT2D eigenvalue weighted by molar-refractivity contribution is 5.48. The second-order valence-electron chi connectivity index (χ2n) is 2.73. The molecule has 0 unspecified atom stereocenters. The van der Waals surface area contributed by atoms with Crippen molar-refractivity contribution in [1.82, 2.24) is 9.78 Å². The summed E-state index contributed by atoms with van der Waals surface area (Å²) >= 11 is 0. The van der Waals surface area contributed by atoms with E-state index in [4.69, 9.17) is 5.11 Å². The van der Waals surface area contributed by atoms with Gasteiger partial charge in [0.1, 0.15) is 0 Å². The van der Waals surface area contributed by atoms with Crippen LogP contribution in [0.5, 0.6) is 0 Å². The molecule has 1 heterocycles. The van der Waals surface area contributed by atoms with Crippen LogP contribution in [0.4, 0.5) is 0 Å². The molecule has 66 valence electrons. The van der Waals surface area contributed by atoms with E-state index in [-0.39, 0.29) is 6.61 Å². The topological polar surface area (TPSA) is 38.0 Å². The number of hydrogen-bond donors (Lipinski definition) is 1. The lowest BCUT2D eigenvalue weighted by atomic mass is 10.2. The van der Waals surface area contributed by atoms with Crippen LogP contribution >= 0.6 is 0 Å². The Labute approximate surface area is 72.3 Å². The van der Waals surface area contributed by atoms with Gasteiger partial charge in [-0.2, -0.15) is 5.10 Å². The maximum absolute atomic E-state index is 8.89. The first kappa shape index (κ1) is 9.00. The standard InChI is InChI=1S/C9H14N2O/c1-3-8(7-12)6-9-4-5-11(2)10-9/h4-6,12H,3,7H2,1-2H3/b8-6-. The van der Waals surface area contributed by atoms with E-state index in [0.717, 1.165) is 17.7 Å². The summed E-state index contributed by atoms with van der Waals surface area (Å²) in [7, 11) is 1.88. The maximum Gasteiger partial charge on any atom is 0.0851 e. The zero-order valence-electron chi connectivity index (χ0n) is 7.49. The monoisotopic (exact) mass is 166 g/mol. The minimum Gasteiger partial charge on any atom is -0.392 e. The van der Waals surface area contributed by atoms with Crippen LogP contribution in [-0.4, -0.2) is 21.5 Å². The smallest absolute Gasteiger partial charge is 0.0851 e. The first-order chi connectivity index (χ1) is 5.76. The third-order valence-corrected chi connectivity index (χ3v) is 1.74. The van der Waals surface area contributed by atoms with Gasteiger partial charge in [0.25, 0.3) is 0 Å². The number of hydrogen-bond acceptors (Lipinski definition) is 2. The van der Waals surface area contributed by atoms with Crippen LogP contribution in [0.15, 0.2) is 17.8 Å². The summed E-state index contributed by atoms with van der Waals surface area (Å²) < 4.78 is 1.75. The summed E-state index contributed by atoms with van der Waals surface area (Å²) in [4.78, 5) is 0. The number of aryl methyl sites for hydroxylation is 1. The predicted molar refractivity (Wildman–Crippen MR) is 48.6 cm³/mol. The molecule has 0 spiro atoms. The van der Waals surface area contributed by atoms with Gasteiger partial charge in [0.2, 0.25) is 0 Å². The lowest BCUT2D eigenvalue weighted by molar-refractivity contribution is 0.329. The molecule has 1 rings (SSSR count). The third-order valence-electron chi connectivity index (χ3n) is 1.74. The Morgan fingerprint density at radius 3 is 2.92 bits per heavy atom. The van der Waals surface area contributed by atoms with Crippen LogP contribution in [0.25, 0.3) is 6.08 Å². The molecular formula is C9H14N2O. The molecular weight excluding hydrogens is 152 g/mol. The zero-order valence-corrected chi connectivity index (χ0v) is 7.49. The molecule has 0 aliphatic rings. The van der Waals surface area contributed by atoms with Gasteiger partial charge in [-0.05, 0) is 24.1 Å². The largest absolute Gasteiger partial charge is 0.392 e. The van der Waals surface area contributed by atoms with Crippen LogP contribution in [0.2, 0.25) is 0 Å². The maximum atomic E-state index is 8.89. The average molecular weight is 166 g/mol. The average Bonchev–Trinajstić information content (AvgIpc) is 2.47. The van der Waals surface area contributed by atoms with Gasteiger partial charge in [0.05, 0.1) is 12.3 Å². The van der Waals surface area contributed by atoms with Crippen molar-refractivity contribution in [1.29, 1.82) is 0 Å². The van der Waals surface area contributed by atoms with Crippen LogP contribution in [-0.2, 0) is 7.05 Å². The molecule has 12 heavy (non-hydrogen) atoms. The molecule has 0 atom stereocenters. The Balaban J connectivity index is 2.78. The van der Waals surface area contributed by atoms with E-state index in [2.05, 4.69) is 5.10 Å². The van der Waals surface area contributed by atoms with E-state index in [9.17, 15) is 0 Å². The first-order valence-electron chi connectivity index (χ1n) is 4.06. The van der Waals surface area contributed by atoms with Gasteiger partial charge in [0, 0.05) is 13.2 Å². The van der Waals surface area contributed by atoms with Crippen LogP contribution in [0.3, 0.4) is 0 Å². The SMILES string of the molecule is CC/C(=C/c1ccn(C)n1)CO. The highest BCUT2D eigenvalue weighted by Gasteiger charge is 1.95. The number of aliphatic hydroxyl groups is 1. The Kier molecular flexibility index (Phi) is 3.05. The van der Waals surface area contributed by atoms with E-state index < -0.39 is 0 Å². The second kappa shape index (κ2) is 4.07. The molecule has 1 aromatic heterocycles. The quantitative estimate of drug-likeness (QED) is 0.732. The Bertz CT molecular complexity index is 270. The number of nitrogens with zero attached hydrogens (tertiary/aromatic N) is 2. The first-order valence-corrected chi connectivity index (χ1v) is 4.06. The summed E-state index contributed by atoms with van der Waals surface area (Å²) in [6.07, 6.45) is 4.67. The van der Waals surface area contributed by atoms with Crippen LogP contribution in [0.1, 0.15) is 19.0 Å². The minimum absolute atomic E-state index is 0.118.